The standard InChI is InChI=1S/C11H14N4O2/c1-2-17-11(16)4-3-7-15-13-9-5-6-12-8-10(9)14-15/h5-6,8H,2-4,7H2,1H3. The number of ether oxygens (including phenoxy) is 1. The van der Waals surface area contributed by atoms with Crippen molar-refractivity contribution >= 4 is 17.0 Å². The summed E-state index contributed by atoms with van der Waals surface area (Å²) < 4.78 is 4.84. The van der Waals surface area contributed by atoms with E-state index in [9.17, 15) is 4.79 Å². The van der Waals surface area contributed by atoms with Crippen LogP contribution in [0.25, 0.3) is 11.0 Å². The SMILES string of the molecule is CCOC(=O)CCCn1nc2ccncc2n1. The highest BCUT2D eigenvalue weighted by Crippen LogP contribution is 2.06. The lowest BCUT2D eigenvalue weighted by molar-refractivity contribution is -0.143. The molecule has 0 saturated carbocycles. The van der Waals surface area contributed by atoms with Crippen molar-refractivity contribution in [1.82, 2.24) is 20.0 Å². The maximum atomic E-state index is 11.1. The van der Waals surface area contributed by atoms with Crippen LogP contribution in [0.1, 0.15) is 19.8 Å². The van der Waals surface area contributed by atoms with Crippen LogP contribution in [0.2, 0.25) is 0 Å². The van der Waals surface area contributed by atoms with Gasteiger partial charge in [-0.3, -0.25) is 9.78 Å². The lowest BCUT2D eigenvalue weighted by Gasteiger charge is -2.00. The zero-order valence-electron chi connectivity index (χ0n) is 9.67. The first kappa shape index (κ1) is 11.5. The van der Waals surface area contributed by atoms with Crippen LogP contribution in [-0.2, 0) is 16.1 Å². The van der Waals surface area contributed by atoms with E-state index >= 15 is 0 Å². The Bertz CT molecular complexity index is 476. The summed E-state index contributed by atoms with van der Waals surface area (Å²) in [5.74, 6) is -0.175. The second kappa shape index (κ2) is 5.38. The third kappa shape index (κ3) is 2.99. The maximum Gasteiger partial charge on any atom is 0.305 e. The molecule has 0 N–H and O–H groups in total. The summed E-state index contributed by atoms with van der Waals surface area (Å²) in [6.45, 7) is 2.83. The normalized spacial score (nSPS) is 10.6. The predicted octanol–water partition coefficient (Wildman–Crippen LogP) is 1.17. The number of fused-ring (bicyclic) bond motifs is 1. The van der Waals surface area contributed by atoms with Crippen LogP contribution in [0.15, 0.2) is 18.5 Å². The van der Waals surface area contributed by atoms with Gasteiger partial charge < -0.3 is 4.74 Å². The number of carbonyl (C=O) groups is 1. The number of aromatic nitrogens is 4. The van der Waals surface area contributed by atoms with Gasteiger partial charge in [0.15, 0.2) is 0 Å². The smallest absolute Gasteiger partial charge is 0.305 e. The minimum Gasteiger partial charge on any atom is -0.466 e. The molecule has 0 fully saturated rings. The Morgan fingerprint density at radius 3 is 3.00 bits per heavy atom. The van der Waals surface area contributed by atoms with Gasteiger partial charge in [-0.15, -0.1) is 0 Å². The summed E-state index contributed by atoms with van der Waals surface area (Å²) >= 11 is 0. The molecule has 6 heteroatoms. The molecule has 0 bridgehead atoms. The molecule has 0 saturated heterocycles. The quantitative estimate of drug-likeness (QED) is 0.726. The summed E-state index contributed by atoms with van der Waals surface area (Å²) in [6.07, 6.45) is 4.42. The molecule has 0 amide bonds. The Morgan fingerprint density at radius 2 is 2.24 bits per heavy atom. The van der Waals surface area contributed by atoms with Gasteiger partial charge in [-0.25, -0.2) is 0 Å². The van der Waals surface area contributed by atoms with Crippen molar-refractivity contribution in [2.24, 2.45) is 0 Å². The van der Waals surface area contributed by atoms with Gasteiger partial charge >= 0.3 is 5.97 Å². The van der Waals surface area contributed by atoms with E-state index in [1.165, 1.54) is 0 Å². The van der Waals surface area contributed by atoms with E-state index in [0.29, 0.717) is 26.0 Å². The lowest BCUT2D eigenvalue weighted by Crippen LogP contribution is -2.07. The van der Waals surface area contributed by atoms with E-state index in [4.69, 9.17) is 4.74 Å². The monoisotopic (exact) mass is 234 g/mol. The van der Waals surface area contributed by atoms with Gasteiger partial charge in [0.05, 0.1) is 19.3 Å². The molecular formula is C11H14N4O2. The number of hydrogen-bond donors (Lipinski definition) is 0. The fourth-order valence-electron chi connectivity index (χ4n) is 1.51. The molecular weight excluding hydrogens is 220 g/mol. The van der Waals surface area contributed by atoms with Crippen LogP contribution >= 0.6 is 0 Å². The highest BCUT2D eigenvalue weighted by Gasteiger charge is 2.04. The van der Waals surface area contributed by atoms with Crippen LogP contribution in [0.4, 0.5) is 0 Å². The maximum absolute atomic E-state index is 11.1. The fraction of sp³-hybridized carbons (Fsp3) is 0.455. The zero-order valence-corrected chi connectivity index (χ0v) is 9.67. The summed E-state index contributed by atoms with van der Waals surface area (Å²) in [7, 11) is 0. The Morgan fingerprint density at radius 1 is 1.41 bits per heavy atom. The van der Waals surface area contributed by atoms with Gasteiger partial charge in [0, 0.05) is 12.6 Å². The van der Waals surface area contributed by atoms with E-state index in [2.05, 4.69) is 15.2 Å². The molecule has 6 nitrogen and oxygen atoms in total. The number of hydrogen-bond acceptors (Lipinski definition) is 5. The molecule has 0 aliphatic carbocycles. The average Bonchev–Trinajstić information content (AvgIpc) is 2.71. The van der Waals surface area contributed by atoms with Crippen LogP contribution < -0.4 is 0 Å². The van der Waals surface area contributed by atoms with Crippen molar-refractivity contribution in [3.8, 4) is 0 Å². The highest BCUT2D eigenvalue weighted by atomic mass is 16.5. The van der Waals surface area contributed by atoms with Gasteiger partial charge in [0.25, 0.3) is 0 Å². The van der Waals surface area contributed by atoms with Gasteiger partial charge in [-0.2, -0.15) is 15.0 Å². The summed E-state index contributed by atoms with van der Waals surface area (Å²) in [5, 5.41) is 8.52. The molecule has 0 aliphatic heterocycles. The Kier molecular flexibility index (Phi) is 3.64. The number of aryl methyl sites for hydroxylation is 1. The third-order valence-corrected chi connectivity index (χ3v) is 2.27. The molecule has 0 aromatic carbocycles. The van der Waals surface area contributed by atoms with Gasteiger partial charge in [-0.1, -0.05) is 0 Å². The van der Waals surface area contributed by atoms with Crippen molar-refractivity contribution in [3.63, 3.8) is 0 Å². The van der Waals surface area contributed by atoms with E-state index < -0.39 is 0 Å². The van der Waals surface area contributed by atoms with Crippen molar-refractivity contribution in [2.45, 2.75) is 26.3 Å². The molecule has 0 unspecified atom stereocenters. The summed E-state index contributed by atoms with van der Waals surface area (Å²) in [4.78, 5) is 16.7. The van der Waals surface area contributed by atoms with Crippen LogP contribution in [0.3, 0.4) is 0 Å². The highest BCUT2D eigenvalue weighted by molar-refractivity contribution is 5.71. The number of esters is 1. The molecule has 0 aliphatic rings. The third-order valence-electron chi connectivity index (χ3n) is 2.27. The Balaban J connectivity index is 1.89. The van der Waals surface area contributed by atoms with E-state index in [1.54, 1.807) is 24.1 Å². The molecule has 17 heavy (non-hydrogen) atoms. The van der Waals surface area contributed by atoms with Crippen molar-refractivity contribution in [2.75, 3.05) is 6.61 Å². The van der Waals surface area contributed by atoms with Gasteiger partial charge in [-0.05, 0) is 19.4 Å². The minimum atomic E-state index is -0.175. The van der Waals surface area contributed by atoms with Crippen LogP contribution in [0.5, 0.6) is 0 Å². The first-order valence-electron chi connectivity index (χ1n) is 5.60. The lowest BCUT2D eigenvalue weighted by atomic mass is 10.3. The van der Waals surface area contributed by atoms with E-state index in [-0.39, 0.29) is 5.97 Å². The van der Waals surface area contributed by atoms with Gasteiger partial charge in [0.2, 0.25) is 0 Å². The fourth-order valence-corrected chi connectivity index (χ4v) is 1.51. The van der Waals surface area contributed by atoms with Crippen molar-refractivity contribution in [3.05, 3.63) is 18.5 Å². The molecule has 2 aromatic heterocycles. The second-order valence-electron chi connectivity index (χ2n) is 3.57. The number of carbonyl (C=O) groups excluding carboxylic acids is 1. The number of pyridine rings is 1. The average molecular weight is 234 g/mol. The molecule has 0 spiro atoms. The van der Waals surface area contributed by atoms with E-state index in [1.807, 2.05) is 6.07 Å². The first-order chi connectivity index (χ1) is 8.29. The summed E-state index contributed by atoms with van der Waals surface area (Å²) in [5.41, 5.74) is 1.58. The zero-order chi connectivity index (χ0) is 12.1. The first-order valence-corrected chi connectivity index (χ1v) is 5.60. The van der Waals surface area contributed by atoms with E-state index in [0.717, 1.165) is 11.0 Å². The van der Waals surface area contributed by atoms with Crippen molar-refractivity contribution in [1.29, 1.82) is 0 Å². The van der Waals surface area contributed by atoms with Crippen LogP contribution in [-0.4, -0.2) is 32.6 Å². The van der Waals surface area contributed by atoms with Crippen molar-refractivity contribution < 1.29 is 9.53 Å². The molecule has 2 rings (SSSR count). The molecule has 0 radical (unpaired) electrons. The number of rotatable bonds is 5. The van der Waals surface area contributed by atoms with Crippen LogP contribution in [0, 0.1) is 0 Å². The minimum absolute atomic E-state index is 0.175. The Labute approximate surface area is 98.6 Å². The largest absolute Gasteiger partial charge is 0.466 e. The second-order valence-corrected chi connectivity index (χ2v) is 3.57. The molecule has 2 aromatic rings. The predicted molar refractivity (Wildman–Crippen MR) is 61.2 cm³/mol. The molecule has 2 heterocycles. The van der Waals surface area contributed by atoms with Gasteiger partial charge in [0.1, 0.15) is 11.0 Å². The topological polar surface area (TPSA) is 69.9 Å². The molecule has 0 atom stereocenters. The molecule has 90 valence electrons. The summed E-state index contributed by atoms with van der Waals surface area (Å²) in [6, 6.07) is 1.81. The number of nitrogens with zero attached hydrogens (tertiary/aromatic N) is 4. The Hall–Kier alpha value is -1.98.